The summed E-state index contributed by atoms with van der Waals surface area (Å²) in [7, 11) is 2.68. The van der Waals surface area contributed by atoms with Gasteiger partial charge in [0.05, 0.1) is 25.3 Å². The summed E-state index contributed by atoms with van der Waals surface area (Å²) in [5.74, 6) is -1.11. The third-order valence-electron chi connectivity index (χ3n) is 9.18. The van der Waals surface area contributed by atoms with Crippen LogP contribution in [0.4, 0.5) is 0 Å². The van der Waals surface area contributed by atoms with Crippen molar-refractivity contribution < 1.29 is 19.1 Å². The Morgan fingerprint density at radius 2 is 0.974 bits per heavy atom. The first kappa shape index (κ1) is 26.2. The molecule has 4 nitrogen and oxygen atoms in total. The molecule has 2 atom stereocenters. The predicted octanol–water partition coefficient (Wildman–Crippen LogP) is 5.98. The lowest BCUT2D eigenvalue weighted by Crippen LogP contribution is -2.55. The van der Waals surface area contributed by atoms with Crippen molar-refractivity contribution in [3.8, 4) is 0 Å². The summed E-state index contributed by atoms with van der Waals surface area (Å²) in [6, 6.07) is 3.70. The number of benzene rings is 1. The summed E-state index contributed by atoms with van der Waals surface area (Å²) in [5.41, 5.74) is 6.85. The van der Waals surface area contributed by atoms with Crippen LogP contribution in [-0.4, -0.2) is 26.2 Å². The van der Waals surface area contributed by atoms with Crippen LogP contribution in [0.3, 0.4) is 0 Å². The highest BCUT2D eigenvalue weighted by Crippen LogP contribution is 2.66. The number of esters is 2. The van der Waals surface area contributed by atoms with Gasteiger partial charge in [-0.25, -0.2) is 9.59 Å². The van der Waals surface area contributed by atoms with Crippen molar-refractivity contribution in [3.63, 3.8) is 0 Å². The molecular weight excluding hydrogens is 472 g/mol. The summed E-state index contributed by atoms with van der Waals surface area (Å²) in [6.07, 6.45) is 13.8. The van der Waals surface area contributed by atoms with Crippen LogP contribution in [0.5, 0.6) is 0 Å². The second kappa shape index (κ2) is 8.05. The van der Waals surface area contributed by atoms with Crippen molar-refractivity contribution in [1.29, 1.82) is 0 Å². The lowest BCUT2D eigenvalue weighted by Gasteiger charge is -2.57. The smallest absolute Gasteiger partial charge is 0.338 e. The fourth-order valence-electron chi connectivity index (χ4n) is 6.51. The highest BCUT2D eigenvalue weighted by atomic mass is 16.5. The third kappa shape index (κ3) is 3.35. The van der Waals surface area contributed by atoms with Crippen molar-refractivity contribution >= 4 is 23.1 Å². The zero-order valence-corrected chi connectivity index (χ0v) is 24.3. The minimum Gasteiger partial charge on any atom is -0.465 e. The summed E-state index contributed by atoms with van der Waals surface area (Å²) >= 11 is 0. The van der Waals surface area contributed by atoms with E-state index in [1.807, 2.05) is 12.1 Å². The molecule has 0 saturated carbocycles. The Morgan fingerprint density at radius 1 is 0.632 bits per heavy atom. The van der Waals surface area contributed by atoms with E-state index in [0.29, 0.717) is 0 Å². The first-order valence-electron chi connectivity index (χ1n) is 13.3. The van der Waals surface area contributed by atoms with Crippen LogP contribution in [0, 0.1) is 21.7 Å². The second-order valence-corrected chi connectivity index (χ2v) is 13.2. The molecule has 1 aromatic rings. The molecule has 0 fully saturated rings. The zero-order chi connectivity index (χ0) is 28.0. The molecule has 0 aliphatic heterocycles. The molecule has 198 valence electrons. The van der Waals surface area contributed by atoms with Crippen molar-refractivity contribution in [2.45, 2.75) is 55.4 Å². The quantitative estimate of drug-likeness (QED) is 0.459. The van der Waals surface area contributed by atoms with Crippen LogP contribution in [0.2, 0.25) is 0 Å². The molecular formula is C34H38O4. The Hall–Kier alpha value is -3.40. The average Bonchev–Trinajstić information content (AvgIpc) is 2.84. The van der Waals surface area contributed by atoms with Gasteiger partial charge in [0.25, 0.3) is 0 Å². The largest absolute Gasteiger partial charge is 0.465 e. The van der Waals surface area contributed by atoms with Gasteiger partial charge >= 0.3 is 11.9 Å². The number of rotatable bonds is 2. The van der Waals surface area contributed by atoms with E-state index in [-0.39, 0.29) is 32.8 Å². The molecule has 0 spiro atoms. The number of ether oxygens (including phenoxy) is 2. The highest BCUT2D eigenvalue weighted by Gasteiger charge is 2.57. The van der Waals surface area contributed by atoms with Crippen molar-refractivity contribution in [2.24, 2.45) is 21.7 Å². The zero-order valence-electron chi connectivity index (χ0n) is 24.3. The SMILES string of the molecule is COC(=O)c1cc2c(cc1C(=O)OC)=C1C=C(C(C)(C)C)C=C3C=CC4=CC(C(C)(C)C)=CC=2C4(C)C31C. The van der Waals surface area contributed by atoms with Crippen molar-refractivity contribution in [3.05, 3.63) is 92.4 Å². The summed E-state index contributed by atoms with van der Waals surface area (Å²) in [6.45, 7) is 18.0. The Bertz CT molecular complexity index is 1470. The van der Waals surface area contributed by atoms with Gasteiger partial charge in [-0.2, -0.15) is 0 Å². The Kier molecular flexibility index (Phi) is 5.55. The molecule has 5 rings (SSSR count). The number of methoxy groups -OCH3 is 2. The molecule has 0 saturated heterocycles. The molecule has 0 N–H and O–H groups in total. The van der Waals surface area contributed by atoms with Gasteiger partial charge in [-0.3, -0.25) is 0 Å². The maximum absolute atomic E-state index is 13.0. The van der Waals surface area contributed by atoms with Crippen LogP contribution < -0.4 is 10.4 Å². The van der Waals surface area contributed by atoms with Gasteiger partial charge in [-0.15, -0.1) is 0 Å². The Labute approximate surface area is 225 Å². The molecule has 0 heterocycles. The fourth-order valence-corrected chi connectivity index (χ4v) is 6.51. The summed E-state index contributed by atoms with van der Waals surface area (Å²) in [4.78, 5) is 25.9. The van der Waals surface area contributed by atoms with Crippen LogP contribution in [0.1, 0.15) is 76.1 Å². The van der Waals surface area contributed by atoms with Gasteiger partial charge in [-0.1, -0.05) is 91.8 Å². The van der Waals surface area contributed by atoms with E-state index in [1.165, 1.54) is 36.5 Å². The van der Waals surface area contributed by atoms with Crippen LogP contribution in [0.15, 0.2) is 70.9 Å². The molecule has 0 radical (unpaired) electrons. The van der Waals surface area contributed by atoms with Gasteiger partial charge in [0.2, 0.25) is 0 Å². The van der Waals surface area contributed by atoms with E-state index in [0.717, 1.165) is 21.6 Å². The fraction of sp³-hybridized carbons (Fsp3) is 0.412. The second-order valence-electron chi connectivity index (χ2n) is 13.2. The minimum absolute atomic E-state index is 0.0701. The molecule has 38 heavy (non-hydrogen) atoms. The maximum Gasteiger partial charge on any atom is 0.338 e. The molecule has 0 bridgehead atoms. The minimum atomic E-state index is -0.553. The topological polar surface area (TPSA) is 52.6 Å². The highest BCUT2D eigenvalue weighted by molar-refractivity contribution is 6.04. The molecule has 0 amide bonds. The monoisotopic (exact) mass is 510 g/mol. The number of hydrogen-bond donors (Lipinski definition) is 0. The van der Waals surface area contributed by atoms with Crippen molar-refractivity contribution in [2.75, 3.05) is 14.2 Å². The molecule has 4 aliphatic carbocycles. The molecule has 4 heteroatoms. The van der Waals surface area contributed by atoms with Crippen LogP contribution >= 0.6 is 0 Å². The normalized spacial score (nSPS) is 25.4. The standard InChI is InChI=1S/C34H38O4/c1-31(2,3)21-13-19-11-12-20-14-22(32(4,5)6)16-28-24-18-26(30(36)38-10)25(29(35)37-9)17-23(24)27(15-21)33(19,7)34(20,28)8/h11-18H,1-10H3. The molecule has 0 aromatic heterocycles. The van der Waals surface area contributed by atoms with E-state index in [2.05, 4.69) is 91.8 Å². The number of allylic oxidation sites excluding steroid dienone is 10. The molecule has 2 unspecified atom stereocenters. The lowest BCUT2D eigenvalue weighted by molar-refractivity contribution is 0.0555. The molecule has 1 aromatic carbocycles. The van der Waals surface area contributed by atoms with Gasteiger partial charge < -0.3 is 9.47 Å². The van der Waals surface area contributed by atoms with Crippen molar-refractivity contribution in [1.82, 2.24) is 0 Å². The number of fused-ring (bicyclic) bond motifs is 1. The first-order valence-corrected chi connectivity index (χ1v) is 13.3. The lowest BCUT2D eigenvalue weighted by atomic mass is 9.45. The number of carbonyl (C=O) groups excluding carboxylic acids is 2. The number of hydrogen-bond acceptors (Lipinski definition) is 4. The maximum atomic E-state index is 13.0. The Morgan fingerprint density at radius 3 is 1.26 bits per heavy atom. The van der Waals surface area contributed by atoms with Crippen LogP contribution in [-0.2, 0) is 9.47 Å². The first-order chi connectivity index (χ1) is 17.6. The van der Waals surface area contributed by atoms with Gasteiger partial charge in [-0.05, 0) is 66.8 Å². The van der Waals surface area contributed by atoms with E-state index in [4.69, 9.17) is 9.47 Å². The average molecular weight is 511 g/mol. The van der Waals surface area contributed by atoms with Gasteiger partial charge in [0, 0.05) is 10.8 Å². The summed E-state index contributed by atoms with van der Waals surface area (Å²) in [5, 5.41) is 1.92. The van der Waals surface area contributed by atoms with E-state index < -0.39 is 11.9 Å². The summed E-state index contributed by atoms with van der Waals surface area (Å²) < 4.78 is 10.2. The Balaban J connectivity index is 2.08. The molecule has 4 aliphatic rings. The van der Waals surface area contributed by atoms with E-state index >= 15 is 0 Å². The predicted molar refractivity (Wildman–Crippen MR) is 152 cm³/mol. The third-order valence-corrected chi connectivity index (χ3v) is 9.18. The van der Waals surface area contributed by atoms with Gasteiger partial charge in [0.1, 0.15) is 0 Å². The van der Waals surface area contributed by atoms with Gasteiger partial charge in [0.15, 0.2) is 0 Å². The number of carbonyl (C=O) groups is 2. The van der Waals surface area contributed by atoms with E-state index in [9.17, 15) is 9.59 Å². The van der Waals surface area contributed by atoms with E-state index in [1.54, 1.807) is 0 Å². The van der Waals surface area contributed by atoms with Crippen LogP contribution in [0.25, 0.3) is 11.1 Å².